The van der Waals surface area contributed by atoms with E-state index in [1.54, 1.807) is 6.08 Å². The molecule has 0 radical (unpaired) electrons. The van der Waals surface area contributed by atoms with Crippen molar-refractivity contribution in [3.05, 3.63) is 72.9 Å². The second-order valence-corrected chi connectivity index (χ2v) is 16.9. The number of ether oxygens (including phenoxy) is 2. The molecule has 1 amide bonds. The Labute approximate surface area is 372 Å². The molecule has 6 N–H and O–H groups in total. The maximum absolute atomic E-state index is 12.9. The van der Waals surface area contributed by atoms with Crippen LogP contribution in [0.4, 0.5) is 0 Å². The maximum Gasteiger partial charge on any atom is 0.220 e. The summed E-state index contributed by atoms with van der Waals surface area (Å²) in [7, 11) is 0. The molecule has 0 aromatic heterocycles. The van der Waals surface area contributed by atoms with E-state index in [9.17, 15) is 30.3 Å². The Kier molecular flexibility index (Phi) is 38.7. The van der Waals surface area contributed by atoms with Crippen LogP contribution in [0.5, 0.6) is 0 Å². The van der Waals surface area contributed by atoms with Crippen molar-refractivity contribution in [2.45, 2.75) is 236 Å². The van der Waals surface area contributed by atoms with Crippen LogP contribution in [0.15, 0.2) is 72.9 Å². The first-order chi connectivity index (χ1) is 29.8. The predicted octanol–water partition coefficient (Wildman–Crippen LogP) is 10.9. The number of hydrogen-bond donors (Lipinski definition) is 6. The lowest BCUT2D eigenvalue weighted by Crippen LogP contribution is -2.60. The van der Waals surface area contributed by atoms with Crippen LogP contribution in [-0.2, 0) is 14.3 Å². The number of carbonyl (C=O) groups is 1. The van der Waals surface area contributed by atoms with Crippen LogP contribution in [0.25, 0.3) is 0 Å². The summed E-state index contributed by atoms with van der Waals surface area (Å²) in [5.74, 6) is -0.192. The first-order valence-corrected chi connectivity index (χ1v) is 24.7. The number of aliphatic hydroxyl groups excluding tert-OH is 5. The lowest BCUT2D eigenvalue weighted by atomic mass is 9.99. The van der Waals surface area contributed by atoms with Crippen molar-refractivity contribution in [2.24, 2.45) is 0 Å². The summed E-state index contributed by atoms with van der Waals surface area (Å²) < 4.78 is 11.2. The fraction of sp³-hybridized carbons (Fsp3) is 0.750. The van der Waals surface area contributed by atoms with E-state index in [1.165, 1.54) is 109 Å². The van der Waals surface area contributed by atoms with Crippen LogP contribution < -0.4 is 5.32 Å². The van der Waals surface area contributed by atoms with Gasteiger partial charge in [-0.15, -0.1) is 0 Å². The fourth-order valence-corrected chi connectivity index (χ4v) is 7.34. The van der Waals surface area contributed by atoms with E-state index in [0.717, 1.165) is 64.2 Å². The summed E-state index contributed by atoms with van der Waals surface area (Å²) >= 11 is 0. The fourth-order valence-electron chi connectivity index (χ4n) is 7.34. The smallest absolute Gasteiger partial charge is 0.220 e. The second-order valence-electron chi connectivity index (χ2n) is 16.9. The topological polar surface area (TPSA) is 149 Å². The Morgan fingerprint density at radius 1 is 0.574 bits per heavy atom. The van der Waals surface area contributed by atoms with Gasteiger partial charge >= 0.3 is 0 Å². The third-order valence-corrected chi connectivity index (χ3v) is 11.3. The summed E-state index contributed by atoms with van der Waals surface area (Å²) in [6.07, 6.45) is 49.8. The number of unbranched alkanes of at least 4 members (excludes halogenated alkanes) is 20. The molecular formula is C52H91NO8. The summed E-state index contributed by atoms with van der Waals surface area (Å²) in [5, 5.41) is 54.0. The molecule has 7 unspecified atom stereocenters. The van der Waals surface area contributed by atoms with Crippen LogP contribution in [-0.4, -0.2) is 87.5 Å². The minimum Gasteiger partial charge on any atom is -0.394 e. The Hall–Kier alpha value is -2.37. The van der Waals surface area contributed by atoms with E-state index in [0.29, 0.717) is 6.42 Å². The number of carbonyl (C=O) groups excluding carboxylic acids is 1. The zero-order chi connectivity index (χ0) is 44.4. The molecule has 0 aliphatic carbocycles. The average Bonchev–Trinajstić information content (AvgIpc) is 3.26. The Bertz CT molecular complexity index is 1180. The van der Waals surface area contributed by atoms with Crippen LogP contribution in [0.3, 0.4) is 0 Å². The van der Waals surface area contributed by atoms with Crippen LogP contribution in [0, 0.1) is 0 Å². The van der Waals surface area contributed by atoms with Gasteiger partial charge in [-0.05, 0) is 70.6 Å². The Balaban J connectivity index is 2.16. The van der Waals surface area contributed by atoms with Gasteiger partial charge < -0.3 is 40.3 Å². The summed E-state index contributed by atoms with van der Waals surface area (Å²) in [6, 6.07) is -0.821. The quantitative estimate of drug-likeness (QED) is 0.0264. The molecule has 0 saturated carbocycles. The largest absolute Gasteiger partial charge is 0.394 e. The lowest BCUT2D eigenvalue weighted by molar-refractivity contribution is -0.302. The molecule has 1 saturated heterocycles. The van der Waals surface area contributed by atoms with Crippen LogP contribution in [0.2, 0.25) is 0 Å². The average molecular weight is 858 g/mol. The predicted molar refractivity (Wildman–Crippen MR) is 253 cm³/mol. The molecule has 1 aliphatic rings. The van der Waals surface area contributed by atoms with E-state index in [1.807, 2.05) is 6.08 Å². The van der Waals surface area contributed by atoms with Crippen molar-refractivity contribution in [3.63, 3.8) is 0 Å². The molecule has 9 heteroatoms. The van der Waals surface area contributed by atoms with Crippen molar-refractivity contribution in [1.29, 1.82) is 0 Å². The van der Waals surface area contributed by atoms with E-state index in [4.69, 9.17) is 9.47 Å². The number of aliphatic hydroxyl groups is 5. The standard InChI is InChI=1S/C52H91NO8/c1-3-5-7-9-11-13-14-15-16-17-18-19-20-21-22-23-24-25-26-27-28-29-30-31-32-34-36-38-40-42-48(56)53-45(46(55)41-39-37-35-33-12-10-8-6-4-2)44-60-52-51(59)50(58)49(57)47(43-54)61-52/h5,7,11-13,15-16,18-19,33,39,41,45-47,49-52,54-55,57-59H,3-4,6,8-10,14,17,20-32,34-38,40,42-44H2,1-2H3,(H,53,56)/b7-5-,13-11-,16-15-,19-18-,33-12+,41-39+. The zero-order valence-corrected chi connectivity index (χ0v) is 38.6. The van der Waals surface area contributed by atoms with E-state index in [2.05, 4.69) is 79.9 Å². The zero-order valence-electron chi connectivity index (χ0n) is 38.6. The first-order valence-electron chi connectivity index (χ1n) is 24.7. The van der Waals surface area contributed by atoms with Crippen molar-refractivity contribution in [2.75, 3.05) is 13.2 Å². The van der Waals surface area contributed by atoms with Gasteiger partial charge in [-0.25, -0.2) is 0 Å². The van der Waals surface area contributed by atoms with Crippen molar-refractivity contribution in [1.82, 2.24) is 5.32 Å². The van der Waals surface area contributed by atoms with Gasteiger partial charge in [0, 0.05) is 6.42 Å². The molecule has 1 rings (SSSR count). The number of allylic oxidation sites excluding steroid dienone is 11. The van der Waals surface area contributed by atoms with E-state index >= 15 is 0 Å². The van der Waals surface area contributed by atoms with Crippen LogP contribution >= 0.6 is 0 Å². The number of hydrogen-bond acceptors (Lipinski definition) is 8. The molecule has 352 valence electrons. The van der Waals surface area contributed by atoms with Gasteiger partial charge in [-0.3, -0.25) is 4.79 Å². The molecule has 0 aromatic carbocycles. The maximum atomic E-state index is 12.9. The summed E-state index contributed by atoms with van der Waals surface area (Å²) in [6.45, 7) is 3.58. The van der Waals surface area contributed by atoms with E-state index < -0.39 is 49.5 Å². The highest BCUT2D eigenvalue weighted by atomic mass is 16.7. The SMILES string of the molecule is CC/C=C\C/C=C\C/C=C\C/C=C\CCCCCCCCCCCCCCCCCCC(=O)NC(COC1OC(CO)C(O)C(O)C1O)C(O)/C=C/CC/C=C/CCCCC. The van der Waals surface area contributed by atoms with Crippen molar-refractivity contribution < 1.29 is 39.8 Å². The normalized spacial score (nSPS) is 21.1. The highest BCUT2D eigenvalue weighted by Gasteiger charge is 2.44. The molecule has 0 bridgehead atoms. The van der Waals surface area contributed by atoms with Crippen LogP contribution in [0.1, 0.15) is 194 Å². The highest BCUT2D eigenvalue weighted by Crippen LogP contribution is 2.22. The molecule has 1 heterocycles. The molecule has 9 nitrogen and oxygen atoms in total. The van der Waals surface area contributed by atoms with E-state index in [-0.39, 0.29) is 12.5 Å². The second kappa shape index (κ2) is 41.6. The highest BCUT2D eigenvalue weighted by molar-refractivity contribution is 5.76. The monoisotopic (exact) mass is 858 g/mol. The first kappa shape index (κ1) is 56.6. The lowest BCUT2D eigenvalue weighted by Gasteiger charge is -2.40. The molecule has 1 aliphatic heterocycles. The minimum absolute atomic E-state index is 0.192. The number of amides is 1. The summed E-state index contributed by atoms with van der Waals surface area (Å²) in [5.41, 5.74) is 0. The molecule has 0 spiro atoms. The number of rotatable bonds is 40. The van der Waals surface area contributed by atoms with Crippen molar-refractivity contribution >= 4 is 5.91 Å². The third-order valence-electron chi connectivity index (χ3n) is 11.3. The van der Waals surface area contributed by atoms with Gasteiger partial charge in [-0.1, -0.05) is 189 Å². The van der Waals surface area contributed by atoms with Gasteiger partial charge in [0.15, 0.2) is 6.29 Å². The molecular weight excluding hydrogens is 767 g/mol. The van der Waals surface area contributed by atoms with Gasteiger partial charge in [0.25, 0.3) is 0 Å². The summed E-state index contributed by atoms with van der Waals surface area (Å²) in [4.78, 5) is 12.9. The number of nitrogens with one attached hydrogen (secondary N) is 1. The Morgan fingerprint density at radius 2 is 1.03 bits per heavy atom. The molecule has 7 atom stereocenters. The molecule has 1 fully saturated rings. The van der Waals surface area contributed by atoms with Gasteiger partial charge in [0.1, 0.15) is 24.4 Å². The Morgan fingerprint density at radius 3 is 1.57 bits per heavy atom. The third kappa shape index (κ3) is 32.0. The van der Waals surface area contributed by atoms with Crippen molar-refractivity contribution in [3.8, 4) is 0 Å². The molecule has 0 aromatic rings. The minimum atomic E-state index is -1.57. The van der Waals surface area contributed by atoms with Gasteiger partial charge in [-0.2, -0.15) is 0 Å². The van der Waals surface area contributed by atoms with Gasteiger partial charge in [0.05, 0.1) is 25.4 Å². The molecule has 61 heavy (non-hydrogen) atoms. The van der Waals surface area contributed by atoms with Gasteiger partial charge in [0.2, 0.25) is 5.91 Å².